The summed E-state index contributed by atoms with van der Waals surface area (Å²) in [5.41, 5.74) is 1.34. The number of nitrogens with zero attached hydrogens (tertiary/aromatic N) is 2. The van der Waals surface area contributed by atoms with Crippen molar-refractivity contribution >= 4 is 27.5 Å². The van der Waals surface area contributed by atoms with E-state index in [1.807, 2.05) is 12.1 Å². The molecule has 3 rings (SSSR count). The first kappa shape index (κ1) is 14.8. The highest BCUT2D eigenvalue weighted by molar-refractivity contribution is 9.10. The molecule has 1 saturated heterocycles. The van der Waals surface area contributed by atoms with E-state index in [1.165, 1.54) is 5.56 Å². The van der Waals surface area contributed by atoms with Crippen molar-refractivity contribution in [1.29, 1.82) is 0 Å². The van der Waals surface area contributed by atoms with E-state index in [4.69, 9.17) is 16.3 Å². The molecule has 21 heavy (non-hydrogen) atoms. The molecule has 2 aromatic rings. The lowest BCUT2D eigenvalue weighted by atomic mass is 10.2. The number of rotatable bonds is 4. The van der Waals surface area contributed by atoms with E-state index in [9.17, 15) is 0 Å². The molecule has 0 saturated carbocycles. The number of aromatic nitrogens is 1. The summed E-state index contributed by atoms with van der Waals surface area (Å²) in [5, 5.41) is 0.458. The van der Waals surface area contributed by atoms with E-state index < -0.39 is 0 Å². The zero-order chi connectivity index (χ0) is 14.7. The molecule has 1 aliphatic rings. The Bertz CT molecular complexity index is 608. The van der Waals surface area contributed by atoms with Gasteiger partial charge in [-0.3, -0.25) is 4.90 Å². The molecule has 0 N–H and O–H groups in total. The summed E-state index contributed by atoms with van der Waals surface area (Å²) in [6.45, 7) is 2.97. The minimum Gasteiger partial charge on any atom is -0.487 e. The summed E-state index contributed by atoms with van der Waals surface area (Å²) in [7, 11) is 0. The van der Waals surface area contributed by atoms with E-state index in [1.54, 1.807) is 6.20 Å². The second-order valence-electron chi connectivity index (χ2n) is 5.19. The maximum Gasteiger partial charge on any atom is 0.143 e. The van der Waals surface area contributed by atoms with Crippen LogP contribution in [0, 0.1) is 0 Å². The van der Waals surface area contributed by atoms with Gasteiger partial charge in [-0.1, -0.05) is 41.9 Å². The van der Waals surface area contributed by atoms with Crippen LogP contribution in [-0.2, 0) is 6.54 Å². The highest BCUT2D eigenvalue weighted by atomic mass is 79.9. The topological polar surface area (TPSA) is 25.4 Å². The van der Waals surface area contributed by atoms with Crippen LogP contribution < -0.4 is 4.74 Å². The Balaban J connectivity index is 1.56. The maximum absolute atomic E-state index is 5.99. The van der Waals surface area contributed by atoms with Crippen LogP contribution in [0.5, 0.6) is 5.75 Å². The van der Waals surface area contributed by atoms with Gasteiger partial charge in [-0.2, -0.15) is 0 Å². The fourth-order valence-corrected chi connectivity index (χ4v) is 2.97. The van der Waals surface area contributed by atoms with Crippen molar-refractivity contribution in [1.82, 2.24) is 9.88 Å². The Morgan fingerprint density at radius 1 is 1.33 bits per heavy atom. The minimum atomic E-state index is 0.212. The van der Waals surface area contributed by atoms with Crippen molar-refractivity contribution in [2.24, 2.45) is 0 Å². The average molecular weight is 368 g/mol. The molecule has 0 unspecified atom stereocenters. The second-order valence-corrected chi connectivity index (χ2v) is 6.41. The first-order valence-corrected chi connectivity index (χ1v) is 8.12. The third-order valence-corrected chi connectivity index (χ3v) is 4.69. The largest absolute Gasteiger partial charge is 0.487 e. The maximum atomic E-state index is 5.99. The third-order valence-electron chi connectivity index (χ3n) is 3.55. The van der Waals surface area contributed by atoms with Gasteiger partial charge in [0.2, 0.25) is 0 Å². The van der Waals surface area contributed by atoms with Crippen LogP contribution >= 0.6 is 27.5 Å². The molecule has 1 fully saturated rings. The van der Waals surface area contributed by atoms with E-state index >= 15 is 0 Å². The quantitative estimate of drug-likeness (QED) is 0.759. The number of benzene rings is 1. The van der Waals surface area contributed by atoms with Gasteiger partial charge in [0.15, 0.2) is 0 Å². The lowest BCUT2D eigenvalue weighted by molar-refractivity contribution is 0.197. The van der Waals surface area contributed by atoms with Crippen LogP contribution in [0.3, 0.4) is 0 Å². The second kappa shape index (κ2) is 6.77. The lowest BCUT2D eigenvalue weighted by Crippen LogP contribution is -2.24. The molecule has 1 aromatic heterocycles. The van der Waals surface area contributed by atoms with Gasteiger partial charge in [-0.15, -0.1) is 0 Å². The fourth-order valence-electron chi connectivity index (χ4n) is 2.54. The molecule has 2 heterocycles. The van der Waals surface area contributed by atoms with Crippen molar-refractivity contribution < 1.29 is 4.74 Å². The van der Waals surface area contributed by atoms with Crippen LogP contribution in [0.2, 0.25) is 5.15 Å². The number of ether oxygens (including phenoxy) is 1. The Morgan fingerprint density at radius 2 is 2.14 bits per heavy atom. The number of hydrogen-bond donors (Lipinski definition) is 0. The van der Waals surface area contributed by atoms with Crippen molar-refractivity contribution in [2.45, 2.75) is 19.1 Å². The van der Waals surface area contributed by atoms with Gasteiger partial charge in [0.25, 0.3) is 0 Å². The summed E-state index contributed by atoms with van der Waals surface area (Å²) in [6.07, 6.45) is 2.92. The molecular formula is C16H16BrClN2O. The molecular weight excluding hydrogens is 352 g/mol. The van der Waals surface area contributed by atoms with Crippen LogP contribution in [0.15, 0.2) is 47.1 Å². The predicted molar refractivity (Wildman–Crippen MR) is 87.7 cm³/mol. The van der Waals surface area contributed by atoms with E-state index in [-0.39, 0.29) is 6.10 Å². The van der Waals surface area contributed by atoms with E-state index in [0.717, 1.165) is 36.3 Å². The van der Waals surface area contributed by atoms with Crippen LogP contribution in [0.25, 0.3) is 0 Å². The van der Waals surface area contributed by atoms with Gasteiger partial charge in [-0.25, -0.2) is 4.98 Å². The molecule has 1 atom stereocenters. The molecule has 0 radical (unpaired) electrons. The average Bonchev–Trinajstić information content (AvgIpc) is 2.91. The van der Waals surface area contributed by atoms with Crippen LogP contribution in [-0.4, -0.2) is 29.1 Å². The van der Waals surface area contributed by atoms with Gasteiger partial charge in [0, 0.05) is 19.6 Å². The lowest BCUT2D eigenvalue weighted by Gasteiger charge is -2.17. The summed E-state index contributed by atoms with van der Waals surface area (Å²) in [4.78, 5) is 6.50. The first-order chi connectivity index (χ1) is 10.2. The molecule has 0 bridgehead atoms. The van der Waals surface area contributed by atoms with E-state index in [2.05, 4.69) is 50.1 Å². The Hall–Kier alpha value is -1.10. The number of pyridine rings is 1. The third kappa shape index (κ3) is 3.96. The van der Waals surface area contributed by atoms with E-state index in [0.29, 0.717) is 5.15 Å². The Morgan fingerprint density at radius 3 is 2.90 bits per heavy atom. The van der Waals surface area contributed by atoms with Gasteiger partial charge >= 0.3 is 0 Å². The molecule has 0 aliphatic carbocycles. The SMILES string of the molecule is Clc1ncc(O[C@H]2CCN(Cc3ccccc3)C2)cc1Br. The number of likely N-dealkylation sites (tertiary alicyclic amines) is 1. The van der Waals surface area contributed by atoms with Gasteiger partial charge < -0.3 is 4.74 Å². The molecule has 3 nitrogen and oxygen atoms in total. The highest BCUT2D eigenvalue weighted by Crippen LogP contribution is 2.26. The predicted octanol–water partition coefficient (Wildman–Crippen LogP) is 4.15. The summed E-state index contributed by atoms with van der Waals surface area (Å²) in [5.74, 6) is 0.762. The molecule has 0 amide bonds. The molecule has 110 valence electrons. The monoisotopic (exact) mass is 366 g/mol. The summed E-state index contributed by atoms with van der Waals surface area (Å²) in [6, 6.07) is 12.4. The molecule has 1 aliphatic heterocycles. The zero-order valence-electron chi connectivity index (χ0n) is 11.5. The van der Waals surface area contributed by atoms with Gasteiger partial charge in [-0.05, 0) is 34.0 Å². The van der Waals surface area contributed by atoms with Crippen molar-refractivity contribution in [3.8, 4) is 5.75 Å². The molecule has 5 heteroatoms. The first-order valence-electron chi connectivity index (χ1n) is 6.95. The van der Waals surface area contributed by atoms with Gasteiger partial charge in [0.1, 0.15) is 17.0 Å². The van der Waals surface area contributed by atoms with Crippen LogP contribution in [0.4, 0.5) is 0 Å². The fraction of sp³-hybridized carbons (Fsp3) is 0.312. The Kier molecular flexibility index (Phi) is 4.78. The highest BCUT2D eigenvalue weighted by Gasteiger charge is 2.24. The summed E-state index contributed by atoms with van der Waals surface area (Å²) >= 11 is 9.26. The molecule has 1 aromatic carbocycles. The smallest absolute Gasteiger partial charge is 0.143 e. The number of halogens is 2. The van der Waals surface area contributed by atoms with Crippen LogP contribution in [0.1, 0.15) is 12.0 Å². The van der Waals surface area contributed by atoms with Gasteiger partial charge in [0.05, 0.1) is 10.7 Å². The van der Waals surface area contributed by atoms with Crippen molar-refractivity contribution in [2.75, 3.05) is 13.1 Å². The minimum absolute atomic E-state index is 0.212. The standard InChI is InChI=1S/C16H16BrClN2O/c17-15-8-14(9-19-16(15)18)21-13-6-7-20(11-13)10-12-4-2-1-3-5-12/h1-5,8-9,13H,6-7,10-11H2/t13-/m0/s1. The van der Waals surface area contributed by atoms with Crippen molar-refractivity contribution in [3.63, 3.8) is 0 Å². The molecule has 0 spiro atoms. The summed E-state index contributed by atoms with van der Waals surface area (Å²) < 4.78 is 6.75. The Labute approximate surface area is 138 Å². The normalized spacial score (nSPS) is 18.9. The van der Waals surface area contributed by atoms with Crippen molar-refractivity contribution in [3.05, 3.63) is 57.8 Å². The number of hydrogen-bond acceptors (Lipinski definition) is 3. The zero-order valence-corrected chi connectivity index (χ0v) is 13.8.